The van der Waals surface area contributed by atoms with Crippen molar-refractivity contribution >= 4 is 11.8 Å². The summed E-state index contributed by atoms with van der Waals surface area (Å²) in [5, 5.41) is 6.45. The summed E-state index contributed by atoms with van der Waals surface area (Å²) in [6.07, 6.45) is 5.83. The Kier molecular flexibility index (Phi) is 10.7. The van der Waals surface area contributed by atoms with Crippen LogP contribution in [0.1, 0.15) is 61.9 Å². The third-order valence-corrected chi connectivity index (χ3v) is 7.50. The van der Waals surface area contributed by atoms with Gasteiger partial charge in [-0.2, -0.15) is 0 Å². The fourth-order valence-electron chi connectivity index (χ4n) is 5.51. The van der Waals surface area contributed by atoms with Crippen LogP contribution < -0.4 is 10.6 Å². The molecule has 3 aromatic carbocycles. The van der Waals surface area contributed by atoms with Gasteiger partial charge in [0.2, 0.25) is 5.91 Å². The van der Waals surface area contributed by atoms with Gasteiger partial charge in [-0.15, -0.1) is 0 Å². The number of nitrogens with one attached hydrogen (secondary N) is 2. The van der Waals surface area contributed by atoms with Gasteiger partial charge >= 0.3 is 0 Å². The Morgan fingerprint density at radius 3 is 2.23 bits per heavy atom. The number of amides is 2. The molecule has 0 unspecified atom stereocenters. The number of carbonyl (C=O) groups is 2. The van der Waals surface area contributed by atoms with E-state index in [2.05, 4.69) is 65.8 Å². The van der Waals surface area contributed by atoms with Crippen molar-refractivity contribution in [2.45, 2.75) is 64.5 Å². The van der Waals surface area contributed by atoms with Crippen LogP contribution in [-0.2, 0) is 11.2 Å². The molecular weight excluding hydrogens is 482 g/mol. The molecule has 0 spiro atoms. The molecule has 3 aromatic rings. The van der Waals surface area contributed by atoms with Gasteiger partial charge in [0, 0.05) is 24.7 Å². The van der Waals surface area contributed by atoms with E-state index in [9.17, 15) is 9.59 Å². The maximum absolute atomic E-state index is 13.2. The molecule has 1 heterocycles. The predicted octanol–water partition coefficient (Wildman–Crippen LogP) is 6.10. The van der Waals surface area contributed by atoms with Crippen molar-refractivity contribution in [1.82, 2.24) is 15.5 Å². The van der Waals surface area contributed by atoms with Crippen molar-refractivity contribution in [3.8, 4) is 11.1 Å². The first-order valence-corrected chi connectivity index (χ1v) is 14.5. The smallest absolute Gasteiger partial charge is 0.251 e. The molecular formula is C34H43N3O2. The normalized spacial score (nSPS) is 16.2. The van der Waals surface area contributed by atoms with E-state index in [1.54, 1.807) is 0 Å². The first kappa shape index (κ1) is 28.6. The molecule has 1 aliphatic rings. The number of nitrogens with zero attached hydrogens (tertiary/aromatic N) is 1. The number of likely N-dealkylation sites (tertiary alicyclic amines) is 1. The number of carbonyl (C=O) groups excluding carboxylic acids is 2. The summed E-state index contributed by atoms with van der Waals surface area (Å²) >= 11 is 0. The molecule has 1 fully saturated rings. The molecule has 1 saturated heterocycles. The minimum Gasteiger partial charge on any atom is -0.355 e. The highest BCUT2D eigenvalue weighted by Gasteiger charge is 2.32. The van der Waals surface area contributed by atoms with Crippen LogP contribution in [0.4, 0.5) is 0 Å². The lowest BCUT2D eigenvalue weighted by Gasteiger charge is -2.30. The van der Waals surface area contributed by atoms with Gasteiger partial charge in [0.1, 0.15) is 0 Å². The summed E-state index contributed by atoms with van der Waals surface area (Å²) in [5.41, 5.74) is 4.24. The first-order valence-electron chi connectivity index (χ1n) is 14.5. The van der Waals surface area contributed by atoms with Crippen molar-refractivity contribution in [3.05, 3.63) is 96.1 Å². The van der Waals surface area contributed by atoms with Gasteiger partial charge in [-0.3, -0.25) is 14.5 Å². The molecule has 4 rings (SSSR count). The van der Waals surface area contributed by atoms with Gasteiger partial charge < -0.3 is 10.6 Å². The Morgan fingerprint density at radius 2 is 1.54 bits per heavy atom. The number of rotatable bonds is 13. The minimum absolute atomic E-state index is 0.00873. The molecule has 5 nitrogen and oxygen atoms in total. The summed E-state index contributed by atoms with van der Waals surface area (Å²) in [4.78, 5) is 28.5. The first-order chi connectivity index (χ1) is 19.0. The maximum Gasteiger partial charge on any atom is 0.251 e. The predicted molar refractivity (Wildman–Crippen MR) is 160 cm³/mol. The average Bonchev–Trinajstić information content (AvgIpc) is 3.41. The van der Waals surface area contributed by atoms with Gasteiger partial charge in [0.25, 0.3) is 5.91 Å². The van der Waals surface area contributed by atoms with Gasteiger partial charge in [-0.1, -0.05) is 86.6 Å². The fourth-order valence-corrected chi connectivity index (χ4v) is 5.51. The molecule has 0 radical (unpaired) electrons. The molecule has 2 N–H and O–H groups in total. The second kappa shape index (κ2) is 14.6. The quantitative estimate of drug-likeness (QED) is 0.265. The lowest BCUT2D eigenvalue weighted by molar-refractivity contribution is -0.125. The zero-order valence-electron chi connectivity index (χ0n) is 23.4. The van der Waals surface area contributed by atoms with E-state index >= 15 is 0 Å². The van der Waals surface area contributed by atoms with Crippen molar-refractivity contribution in [1.29, 1.82) is 0 Å². The third kappa shape index (κ3) is 8.79. The molecule has 206 valence electrons. The fraction of sp³-hybridized carbons (Fsp3) is 0.412. The molecule has 5 heteroatoms. The maximum atomic E-state index is 13.2. The second-order valence-corrected chi connectivity index (χ2v) is 11.1. The van der Waals surface area contributed by atoms with Crippen LogP contribution in [0.2, 0.25) is 0 Å². The number of benzene rings is 3. The van der Waals surface area contributed by atoms with E-state index in [0.29, 0.717) is 24.6 Å². The van der Waals surface area contributed by atoms with Crippen molar-refractivity contribution in [2.24, 2.45) is 5.92 Å². The van der Waals surface area contributed by atoms with Crippen LogP contribution in [-0.4, -0.2) is 48.4 Å². The Labute approximate surface area is 234 Å². The Bertz CT molecular complexity index is 1160. The number of aryl methyl sites for hydroxylation is 1. The highest BCUT2D eigenvalue weighted by molar-refractivity contribution is 5.95. The van der Waals surface area contributed by atoms with Gasteiger partial charge in [-0.05, 0) is 79.8 Å². The van der Waals surface area contributed by atoms with Crippen LogP contribution in [0.3, 0.4) is 0 Å². The van der Waals surface area contributed by atoms with Gasteiger partial charge in [0.15, 0.2) is 0 Å². The molecule has 2 amide bonds. The van der Waals surface area contributed by atoms with Crippen LogP contribution >= 0.6 is 0 Å². The van der Waals surface area contributed by atoms with E-state index in [1.807, 2.05) is 48.5 Å². The summed E-state index contributed by atoms with van der Waals surface area (Å²) in [7, 11) is 0. The number of hydrogen-bond donors (Lipinski definition) is 2. The zero-order chi connectivity index (χ0) is 27.5. The van der Waals surface area contributed by atoms with E-state index < -0.39 is 0 Å². The third-order valence-electron chi connectivity index (χ3n) is 7.50. The van der Waals surface area contributed by atoms with E-state index in [0.717, 1.165) is 56.2 Å². The molecule has 0 saturated carbocycles. The number of hydrogen-bond acceptors (Lipinski definition) is 3. The van der Waals surface area contributed by atoms with E-state index in [4.69, 9.17) is 0 Å². The lowest BCUT2D eigenvalue weighted by Crippen LogP contribution is -2.50. The average molecular weight is 526 g/mol. The highest BCUT2D eigenvalue weighted by Crippen LogP contribution is 2.21. The summed E-state index contributed by atoms with van der Waals surface area (Å²) in [6.45, 7) is 6.65. The van der Waals surface area contributed by atoms with Crippen molar-refractivity contribution in [2.75, 3.05) is 19.6 Å². The molecule has 2 atom stereocenters. The molecule has 0 bridgehead atoms. The van der Waals surface area contributed by atoms with Crippen molar-refractivity contribution in [3.63, 3.8) is 0 Å². The largest absolute Gasteiger partial charge is 0.355 e. The second-order valence-electron chi connectivity index (χ2n) is 11.1. The van der Waals surface area contributed by atoms with Crippen LogP contribution in [0.25, 0.3) is 11.1 Å². The standard InChI is InChI=1S/C34H43N3O2/c1-26(2)24-31(36-33(38)30-20-18-29(19-21-30)28-15-7-4-8-16-28)25-37-23-11-17-32(37)34(39)35-22-10-9-14-27-12-5-3-6-13-27/h3-8,12-13,15-16,18-21,26,31-32H,9-11,14,17,22-25H2,1-2H3,(H,35,39)(H,36,38)/t31-,32-/m0/s1. The molecule has 1 aliphatic heterocycles. The van der Waals surface area contributed by atoms with Crippen molar-refractivity contribution < 1.29 is 9.59 Å². The van der Waals surface area contributed by atoms with Gasteiger partial charge in [0.05, 0.1) is 6.04 Å². The Morgan fingerprint density at radius 1 is 0.872 bits per heavy atom. The van der Waals surface area contributed by atoms with Crippen LogP contribution in [0.15, 0.2) is 84.9 Å². The molecule has 39 heavy (non-hydrogen) atoms. The lowest BCUT2D eigenvalue weighted by atomic mass is 10.0. The molecule has 0 aliphatic carbocycles. The van der Waals surface area contributed by atoms with Crippen LogP contribution in [0.5, 0.6) is 0 Å². The van der Waals surface area contributed by atoms with Crippen LogP contribution in [0, 0.1) is 5.92 Å². The summed E-state index contributed by atoms with van der Waals surface area (Å²) < 4.78 is 0. The zero-order valence-corrected chi connectivity index (χ0v) is 23.4. The summed E-state index contributed by atoms with van der Waals surface area (Å²) in [5.74, 6) is 0.507. The summed E-state index contributed by atoms with van der Waals surface area (Å²) in [6, 6.07) is 28.3. The minimum atomic E-state index is -0.115. The monoisotopic (exact) mass is 525 g/mol. The van der Waals surface area contributed by atoms with E-state index in [1.165, 1.54) is 5.56 Å². The Hall–Kier alpha value is -3.44. The SMILES string of the molecule is CC(C)C[C@@H](CN1CCC[C@H]1C(=O)NCCCCc1ccccc1)NC(=O)c1ccc(-c2ccccc2)cc1. The molecule has 0 aromatic heterocycles. The number of unbranched alkanes of at least 4 members (excludes halogenated alkanes) is 1. The van der Waals surface area contributed by atoms with E-state index in [-0.39, 0.29) is 23.9 Å². The topological polar surface area (TPSA) is 61.4 Å². The Balaban J connectivity index is 1.28. The highest BCUT2D eigenvalue weighted by atomic mass is 16.2. The van der Waals surface area contributed by atoms with Gasteiger partial charge in [-0.25, -0.2) is 0 Å².